The average Bonchev–Trinajstić information content (AvgIpc) is 2.63. The number of hydrogen-bond acceptors (Lipinski definition) is 5. The molecule has 0 aliphatic heterocycles. The summed E-state index contributed by atoms with van der Waals surface area (Å²) in [5, 5.41) is 11.3. The number of pyridine rings is 1. The largest absolute Gasteiger partial charge is 0.350 e. The van der Waals surface area contributed by atoms with Crippen molar-refractivity contribution in [2.24, 2.45) is 5.92 Å². The molecule has 3 aromatic rings. The second-order valence-corrected chi connectivity index (χ2v) is 6.12. The maximum absolute atomic E-state index is 12.7. The number of amides is 1. The second-order valence-electron chi connectivity index (χ2n) is 6.12. The maximum atomic E-state index is 12.7. The molecule has 3 rings (SSSR count). The molecule has 0 aliphatic rings. The normalized spacial score (nSPS) is 12.3. The van der Waals surface area contributed by atoms with E-state index < -0.39 is 6.04 Å². The summed E-state index contributed by atoms with van der Waals surface area (Å²) in [5.41, 5.74) is 1.08. The van der Waals surface area contributed by atoms with E-state index in [0.717, 1.165) is 5.56 Å². The fourth-order valence-corrected chi connectivity index (χ4v) is 2.68. The summed E-state index contributed by atoms with van der Waals surface area (Å²) in [6.45, 7) is 4.08. The highest BCUT2D eigenvalue weighted by molar-refractivity contribution is 5.81. The molecule has 2 heterocycles. The molecule has 25 heavy (non-hydrogen) atoms. The summed E-state index contributed by atoms with van der Waals surface area (Å²) in [4.78, 5) is 29.4. The molecular formula is C18H19N5O2. The number of rotatable bonds is 5. The van der Waals surface area contributed by atoms with Gasteiger partial charge >= 0.3 is 0 Å². The highest BCUT2D eigenvalue weighted by atomic mass is 16.2. The summed E-state index contributed by atoms with van der Waals surface area (Å²) in [7, 11) is 0. The van der Waals surface area contributed by atoms with Gasteiger partial charge in [-0.25, -0.2) is 0 Å². The Morgan fingerprint density at radius 2 is 2.00 bits per heavy atom. The van der Waals surface area contributed by atoms with E-state index in [4.69, 9.17) is 0 Å². The summed E-state index contributed by atoms with van der Waals surface area (Å²) in [5.74, 6) is -0.396. The highest BCUT2D eigenvalue weighted by Gasteiger charge is 2.27. The Bertz CT molecular complexity index is 937. The molecule has 0 saturated carbocycles. The van der Waals surface area contributed by atoms with E-state index >= 15 is 0 Å². The van der Waals surface area contributed by atoms with E-state index in [0.29, 0.717) is 17.4 Å². The van der Waals surface area contributed by atoms with E-state index in [9.17, 15) is 9.59 Å². The van der Waals surface area contributed by atoms with Gasteiger partial charge in [-0.1, -0.05) is 37.3 Å². The van der Waals surface area contributed by atoms with Crippen molar-refractivity contribution < 1.29 is 4.79 Å². The monoisotopic (exact) mass is 337 g/mol. The molecule has 7 heteroatoms. The summed E-state index contributed by atoms with van der Waals surface area (Å²) in [6.07, 6.45) is 3.36. The lowest BCUT2D eigenvalue weighted by Gasteiger charge is -2.21. The van der Waals surface area contributed by atoms with Crippen molar-refractivity contribution in [1.29, 1.82) is 0 Å². The number of nitrogens with one attached hydrogen (secondary N) is 1. The van der Waals surface area contributed by atoms with Crippen LogP contribution in [0.15, 0.2) is 53.6 Å². The predicted molar refractivity (Wildman–Crippen MR) is 93.8 cm³/mol. The number of carbonyl (C=O) groups is 1. The van der Waals surface area contributed by atoms with Gasteiger partial charge in [0.15, 0.2) is 0 Å². The SMILES string of the molecule is CC(C)[C@H](C(=O)NCc1cccnc1)n1nnc2ccccc2c1=O. The first-order chi connectivity index (χ1) is 12.1. The number of hydrogen-bond donors (Lipinski definition) is 1. The first-order valence-corrected chi connectivity index (χ1v) is 8.09. The third kappa shape index (κ3) is 3.55. The number of aromatic nitrogens is 4. The summed E-state index contributed by atoms with van der Waals surface area (Å²) >= 11 is 0. The maximum Gasteiger partial charge on any atom is 0.278 e. The van der Waals surface area contributed by atoms with Crippen molar-refractivity contribution in [3.63, 3.8) is 0 Å². The molecular weight excluding hydrogens is 318 g/mol. The van der Waals surface area contributed by atoms with Gasteiger partial charge in [-0.05, 0) is 29.7 Å². The first-order valence-electron chi connectivity index (χ1n) is 8.09. The Morgan fingerprint density at radius 1 is 1.20 bits per heavy atom. The van der Waals surface area contributed by atoms with Crippen molar-refractivity contribution in [1.82, 2.24) is 25.3 Å². The molecule has 2 aromatic heterocycles. The standard InChI is InChI=1S/C18H19N5O2/c1-12(2)16(17(24)20-11-13-6-5-9-19-10-13)23-18(25)14-7-3-4-8-15(14)21-22-23/h3-10,12,16H,11H2,1-2H3,(H,20,24)/t16-/m1/s1. The van der Waals surface area contributed by atoms with Crippen LogP contribution in [-0.4, -0.2) is 25.9 Å². The quantitative estimate of drug-likeness (QED) is 0.765. The van der Waals surface area contributed by atoms with Crippen molar-refractivity contribution in [2.75, 3.05) is 0 Å². The lowest BCUT2D eigenvalue weighted by molar-refractivity contribution is -0.126. The fraction of sp³-hybridized carbons (Fsp3) is 0.278. The minimum absolute atomic E-state index is 0.123. The molecule has 1 atom stereocenters. The van der Waals surface area contributed by atoms with Crippen LogP contribution in [0.1, 0.15) is 25.5 Å². The molecule has 7 nitrogen and oxygen atoms in total. The van der Waals surface area contributed by atoms with E-state index in [-0.39, 0.29) is 17.4 Å². The first kappa shape index (κ1) is 16.8. The van der Waals surface area contributed by atoms with Gasteiger partial charge in [0.05, 0.1) is 5.39 Å². The molecule has 0 radical (unpaired) electrons. The Morgan fingerprint density at radius 3 is 2.72 bits per heavy atom. The van der Waals surface area contributed by atoms with Crippen LogP contribution in [0, 0.1) is 5.92 Å². The molecule has 0 fully saturated rings. The molecule has 0 saturated heterocycles. The van der Waals surface area contributed by atoms with E-state index in [1.165, 1.54) is 4.68 Å². The van der Waals surface area contributed by atoms with Crippen LogP contribution in [-0.2, 0) is 11.3 Å². The van der Waals surface area contributed by atoms with Crippen LogP contribution >= 0.6 is 0 Å². The topological polar surface area (TPSA) is 89.8 Å². The smallest absolute Gasteiger partial charge is 0.278 e. The van der Waals surface area contributed by atoms with E-state index in [1.54, 1.807) is 42.7 Å². The molecule has 0 aliphatic carbocycles. The molecule has 1 N–H and O–H groups in total. The lowest BCUT2D eigenvalue weighted by atomic mass is 10.0. The molecule has 1 amide bonds. The molecule has 128 valence electrons. The molecule has 0 spiro atoms. The number of carbonyl (C=O) groups excluding carboxylic acids is 1. The van der Waals surface area contributed by atoms with Gasteiger partial charge in [-0.15, -0.1) is 5.10 Å². The Hall–Kier alpha value is -3.09. The van der Waals surface area contributed by atoms with Crippen LogP contribution in [0.2, 0.25) is 0 Å². The lowest BCUT2D eigenvalue weighted by Crippen LogP contribution is -2.41. The fourth-order valence-electron chi connectivity index (χ4n) is 2.68. The minimum Gasteiger partial charge on any atom is -0.350 e. The Balaban J connectivity index is 1.89. The zero-order valence-corrected chi connectivity index (χ0v) is 14.1. The second kappa shape index (κ2) is 7.21. The molecule has 0 bridgehead atoms. The third-order valence-electron chi connectivity index (χ3n) is 3.94. The van der Waals surface area contributed by atoms with Crippen LogP contribution in [0.5, 0.6) is 0 Å². The van der Waals surface area contributed by atoms with Crippen LogP contribution in [0.25, 0.3) is 10.9 Å². The van der Waals surface area contributed by atoms with Crippen molar-refractivity contribution in [3.05, 3.63) is 64.7 Å². The van der Waals surface area contributed by atoms with Crippen LogP contribution < -0.4 is 10.9 Å². The Kier molecular flexibility index (Phi) is 4.83. The van der Waals surface area contributed by atoms with Crippen LogP contribution in [0.4, 0.5) is 0 Å². The third-order valence-corrected chi connectivity index (χ3v) is 3.94. The van der Waals surface area contributed by atoms with Gasteiger partial charge < -0.3 is 5.32 Å². The van der Waals surface area contributed by atoms with Gasteiger partial charge in [0.2, 0.25) is 5.91 Å². The van der Waals surface area contributed by atoms with Crippen LogP contribution in [0.3, 0.4) is 0 Å². The number of nitrogens with zero attached hydrogens (tertiary/aromatic N) is 4. The minimum atomic E-state index is -0.735. The van der Waals surface area contributed by atoms with Crippen molar-refractivity contribution in [3.8, 4) is 0 Å². The molecule has 0 unspecified atom stereocenters. The van der Waals surface area contributed by atoms with E-state index in [2.05, 4.69) is 20.6 Å². The summed E-state index contributed by atoms with van der Waals surface area (Å²) < 4.78 is 1.17. The zero-order valence-electron chi connectivity index (χ0n) is 14.1. The zero-order chi connectivity index (χ0) is 17.8. The van der Waals surface area contributed by atoms with Gasteiger partial charge in [0.25, 0.3) is 5.56 Å². The van der Waals surface area contributed by atoms with Gasteiger partial charge in [0.1, 0.15) is 11.6 Å². The van der Waals surface area contributed by atoms with Crippen molar-refractivity contribution in [2.45, 2.75) is 26.4 Å². The Labute approximate surface area is 144 Å². The van der Waals surface area contributed by atoms with E-state index in [1.807, 2.05) is 19.9 Å². The van der Waals surface area contributed by atoms with Crippen molar-refractivity contribution >= 4 is 16.8 Å². The highest BCUT2D eigenvalue weighted by Crippen LogP contribution is 2.16. The number of benzene rings is 1. The van der Waals surface area contributed by atoms with Gasteiger partial charge in [-0.3, -0.25) is 14.6 Å². The predicted octanol–water partition coefficient (Wildman–Crippen LogP) is 1.70. The number of fused-ring (bicyclic) bond motifs is 1. The average molecular weight is 337 g/mol. The van der Waals surface area contributed by atoms with Gasteiger partial charge in [0, 0.05) is 18.9 Å². The molecule has 1 aromatic carbocycles. The summed E-state index contributed by atoms with van der Waals surface area (Å²) in [6, 6.07) is 9.92. The van der Waals surface area contributed by atoms with Gasteiger partial charge in [-0.2, -0.15) is 4.68 Å².